The Kier molecular flexibility index (Phi) is 2.68. The third-order valence-electron chi connectivity index (χ3n) is 0.748. The van der Waals surface area contributed by atoms with Crippen molar-refractivity contribution in [1.29, 1.82) is 0 Å². The van der Waals surface area contributed by atoms with E-state index in [1.54, 1.807) is 0 Å². The van der Waals surface area contributed by atoms with Crippen molar-refractivity contribution in [3.63, 3.8) is 0 Å². The zero-order valence-corrected chi connectivity index (χ0v) is 7.62. The lowest BCUT2D eigenvalue weighted by Crippen LogP contribution is -2.39. The first kappa shape index (κ1) is 9.72. The molecule has 0 aromatic rings. The Morgan fingerprint density at radius 1 is 1.50 bits per heavy atom. The van der Waals surface area contributed by atoms with Crippen molar-refractivity contribution in [3.05, 3.63) is 12.0 Å². The SMILES string of the molecule is C=CS(=C)(=O)NC(C)(C)C. The predicted octanol–water partition coefficient (Wildman–Crippen LogP) is 1.15. The second kappa shape index (κ2) is 2.76. The number of hydrogen-bond acceptors (Lipinski definition) is 1. The molecule has 0 saturated carbocycles. The van der Waals surface area contributed by atoms with Crippen LogP contribution in [0.4, 0.5) is 0 Å². The maximum atomic E-state index is 11.2. The highest BCUT2D eigenvalue weighted by molar-refractivity contribution is 8.01. The van der Waals surface area contributed by atoms with Crippen LogP contribution in [0, 0.1) is 0 Å². The summed E-state index contributed by atoms with van der Waals surface area (Å²) in [7, 11) is -2.26. The van der Waals surface area contributed by atoms with Crippen LogP contribution < -0.4 is 4.72 Å². The minimum atomic E-state index is -2.26. The van der Waals surface area contributed by atoms with Crippen molar-refractivity contribution in [2.75, 3.05) is 0 Å². The molecule has 0 radical (unpaired) electrons. The molecule has 0 bridgehead atoms. The van der Waals surface area contributed by atoms with Gasteiger partial charge in [-0.2, -0.15) is 0 Å². The van der Waals surface area contributed by atoms with Gasteiger partial charge in [-0.15, -0.1) is 0 Å². The highest BCUT2D eigenvalue weighted by Crippen LogP contribution is 2.01. The molecule has 0 spiro atoms. The van der Waals surface area contributed by atoms with Crippen LogP contribution in [0.2, 0.25) is 0 Å². The van der Waals surface area contributed by atoms with Gasteiger partial charge < -0.3 is 0 Å². The van der Waals surface area contributed by atoms with E-state index in [9.17, 15) is 4.21 Å². The molecule has 0 aromatic carbocycles. The Bertz CT molecular complexity index is 208. The molecule has 3 heteroatoms. The average molecular weight is 161 g/mol. The lowest BCUT2D eigenvalue weighted by molar-refractivity contribution is 0.521. The number of hydrogen-bond donors (Lipinski definition) is 1. The van der Waals surface area contributed by atoms with Gasteiger partial charge in [0.1, 0.15) is 0 Å². The molecule has 1 N–H and O–H groups in total. The molecule has 0 amide bonds. The normalized spacial score (nSPS) is 17.9. The monoisotopic (exact) mass is 161 g/mol. The van der Waals surface area contributed by atoms with Crippen LogP contribution in [0.1, 0.15) is 20.8 Å². The van der Waals surface area contributed by atoms with Crippen LogP contribution in [-0.4, -0.2) is 15.6 Å². The molecule has 1 unspecified atom stereocenters. The van der Waals surface area contributed by atoms with Crippen LogP contribution in [-0.2, 0) is 9.71 Å². The molecule has 0 aliphatic rings. The second-order valence-corrected chi connectivity index (χ2v) is 5.23. The molecule has 0 heterocycles. The fourth-order valence-electron chi connectivity index (χ4n) is 0.560. The smallest absolute Gasteiger partial charge is 0.0463 e. The quantitative estimate of drug-likeness (QED) is 0.605. The van der Waals surface area contributed by atoms with Crippen LogP contribution in [0.5, 0.6) is 0 Å². The molecule has 60 valence electrons. The standard InChI is InChI=1S/C7H15NOS/c1-6-10(5,9)8-7(2,3)4/h6H,1,5H2,2-4H3,(H,8,9). The summed E-state index contributed by atoms with van der Waals surface area (Å²) in [5.41, 5.74) is -0.174. The summed E-state index contributed by atoms with van der Waals surface area (Å²) in [5.74, 6) is 3.47. The van der Waals surface area contributed by atoms with Crippen molar-refractivity contribution in [2.24, 2.45) is 0 Å². The summed E-state index contributed by atoms with van der Waals surface area (Å²) >= 11 is 0. The van der Waals surface area contributed by atoms with Gasteiger partial charge in [0, 0.05) is 20.7 Å². The zero-order chi connectivity index (χ0) is 8.41. The molecule has 0 aromatic heterocycles. The fraction of sp³-hybridized carbons (Fsp3) is 0.571. The van der Waals surface area contributed by atoms with Crippen LogP contribution in [0.25, 0.3) is 0 Å². The molecule has 2 nitrogen and oxygen atoms in total. The third kappa shape index (κ3) is 4.58. The number of rotatable bonds is 2. The molecular weight excluding hydrogens is 146 g/mol. The largest absolute Gasteiger partial charge is 0.248 e. The van der Waals surface area contributed by atoms with E-state index in [0.717, 1.165) is 0 Å². The molecule has 1 atom stereocenters. The average Bonchev–Trinajstić information content (AvgIpc) is 1.60. The van der Waals surface area contributed by atoms with E-state index < -0.39 is 9.71 Å². The Morgan fingerprint density at radius 2 is 1.90 bits per heavy atom. The first-order valence-corrected chi connectivity index (χ1v) is 4.84. The van der Waals surface area contributed by atoms with Gasteiger partial charge in [-0.05, 0) is 26.6 Å². The Balaban J connectivity index is 4.32. The molecular formula is C7H15NOS. The van der Waals surface area contributed by atoms with E-state index in [-0.39, 0.29) is 5.54 Å². The summed E-state index contributed by atoms with van der Waals surface area (Å²) in [4.78, 5) is 0. The molecule has 0 fully saturated rings. The van der Waals surface area contributed by atoms with Gasteiger partial charge >= 0.3 is 0 Å². The summed E-state index contributed by atoms with van der Waals surface area (Å²) in [6.45, 7) is 9.21. The van der Waals surface area contributed by atoms with Crippen LogP contribution in [0.15, 0.2) is 12.0 Å². The minimum Gasteiger partial charge on any atom is -0.248 e. The van der Waals surface area contributed by atoms with Crippen LogP contribution in [0.3, 0.4) is 0 Å². The Labute approximate surface area is 63.5 Å². The highest BCUT2D eigenvalue weighted by Gasteiger charge is 2.12. The molecule has 0 saturated heterocycles. The summed E-state index contributed by atoms with van der Waals surface area (Å²) < 4.78 is 14.1. The van der Waals surface area contributed by atoms with Crippen molar-refractivity contribution >= 4 is 15.6 Å². The zero-order valence-electron chi connectivity index (χ0n) is 6.81. The van der Waals surface area contributed by atoms with Crippen LogP contribution >= 0.6 is 0 Å². The van der Waals surface area contributed by atoms with E-state index in [4.69, 9.17) is 0 Å². The van der Waals surface area contributed by atoms with E-state index in [1.807, 2.05) is 20.8 Å². The summed E-state index contributed by atoms with van der Waals surface area (Å²) in [5, 5.41) is 1.35. The molecule has 0 rings (SSSR count). The van der Waals surface area contributed by atoms with Gasteiger partial charge in [0.15, 0.2) is 0 Å². The van der Waals surface area contributed by atoms with Crippen molar-refractivity contribution in [1.82, 2.24) is 4.72 Å². The number of nitrogens with one attached hydrogen (secondary N) is 1. The van der Waals surface area contributed by atoms with Crippen molar-refractivity contribution < 1.29 is 4.21 Å². The fourth-order valence-corrected chi connectivity index (χ4v) is 1.68. The Hall–Kier alpha value is -0.280. The van der Waals surface area contributed by atoms with Crippen molar-refractivity contribution in [3.8, 4) is 0 Å². The maximum absolute atomic E-state index is 11.2. The van der Waals surface area contributed by atoms with Gasteiger partial charge in [0.2, 0.25) is 0 Å². The van der Waals surface area contributed by atoms with Gasteiger partial charge in [0.25, 0.3) is 0 Å². The summed E-state index contributed by atoms with van der Waals surface area (Å²) in [6.07, 6.45) is 0. The maximum Gasteiger partial charge on any atom is 0.0463 e. The first-order chi connectivity index (χ1) is 4.27. The van der Waals surface area contributed by atoms with E-state index >= 15 is 0 Å². The lowest BCUT2D eigenvalue weighted by atomic mass is 10.1. The lowest BCUT2D eigenvalue weighted by Gasteiger charge is -2.21. The highest BCUT2D eigenvalue weighted by atomic mass is 32.2. The van der Waals surface area contributed by atoms with Gasteiger partial charge in [-0.3, -0.25) is 0 Å². The van der Waals surface area contributed by atoms with Gasteiger partial charge in [0.05, 0.1) is 0 Å². The van der Waals surface area contributed by atoms with E-state index in [0.29, 0.717) is 0 Å². The molecule has 10 heavy (non-hydrogen) atoms. The van der Waals surface area contributed by atoms with Gasteiger partial charge in [-0.1, -0.05) is 6.58 Å². The Morgan fingerprint density at radius 3 is 2.00 bits per heavy atom. The first-order valence-electron chi connectivity index (χ1n) is 3.05. The third-order valence-corrected chi connectivity index (χ3v) is 2.24. The minimum absolute atomic E-state index is 0.174. The predicted molar refractivity (Wildman–Crippen MR) is 48.3 cm³/mol. The van der Waals surface area contributed by atoms with Crippen molar-refractivity contribution in [2.45, 2.75) is 26.3 Å². The topological polar surface area (TPSA) is 29.1 Å². The molecule has 0 aliphatic carbocycles. The summed E-state index contributed by atoms with van der Waals surface area (Å²) in [6, 6.07) is 0. The van der Waals surface area contributed by atoms with E-state index in [1.165, 1.54) is 5.41 Å². The van der Waals surface area contributed by atoms with E-state index in [2.05, 4.69) is 17.2 Å². The second-order valence-electron chi connectivity index (χ2n) is 3.24. The van der Waals surface area contributed by atoms with Gasteiger partial charge in [-0.25, -0.2) is 8.93 Å². The molecule has 0 aliphatic heterocycles.